The number of hydrogen-bond acceptors (Lipinski definition) is 6. The SMILES string of the molecule is COc1c(Cl)cccc1-c1noc(-c2cc(C(C)C)on2)n1. The Morgan fingerprint density at radius 1 is 1.18 bits per heavy atom. The van der Waals surface area contributed by atoms with Gasteiger partial charge in [0.1, 0.15) is 11.5 Å². The fraction of sp³-hybridized carbons (Fsp3) is 0.267. The van der Waals surface area contributed by atoms with Gasteiger partial charge in [-0.2, -0.15) is 4.98 Å². The number of rotatable bonds is 4. The zero-order valence-electron chi connectivity index (χ0n) is 12.3. The Bertz CT molecular complexity index is 795. The van der Waals surface area contributed by atoms with Crippen LogP contribution in [0.1, 0.15) is 25.5 Å². The van der Waals surface area contributed by atoms with E-state index >= 15 is 0 Å². The first-order valence-electron chi connectivity index (χ1n) is 6.73. The Morgan fingerprint density at radius 2 is 2.00 bits per heavy atom. The second kappa shape index (κ2) is 5.81. The zero-order valence-corrected chi connectivity index (χ0v) is 13.1. The summed E-state index contributed by atoms with van der Waals surface area (Å²) in [6, 6.07) is 7.12. The molecule has 0 saturated carbocycles. The van der Waals surface area contributed by atoms with Crippen molar-refractivity contribution in [1.82, 2.24) is 15.3 Å². The van der Waals surface area contributed by atoms with Crippen molar-refractivity contribution >= 4 is 11.6 Å². The van der Waals surface area contributed by atoms with Crippen molar-refractivity contribution in [2.75, 3.05) is 7.11 Å². The van der Waals surface area contributed by atoms with Crippen molar-refractivity contribution in [1.29, 1.82) is 0 Å². The highest BCUT2D eigenvalue weighted by Gasteiger charge is 2.19. The maximum absolute atomic E-state index is 6.10. The van der Waals surface area contributed by atoms with E-state index in [1.165, 1.54) is 7.11 Å². The number of para-hydroxylation sites is 1. The van der Waals surface area contributed by atoms with Crippen molar-refractivity contribution in [2.24, 2.45) is 0 Å². The van der Waals surface area contributed by atoms with Gasteiger partial charge in [-0.15, -0.1) is 0 Å². The molecule has 0 unspecified atom stereocenters. The molecule has 3 rings (SSSR count). The van der Waals surface area contributed by atoms with Crippen molar-refractivity contribution in [3.8, 4) is 28.7 Å². The van der Waals surface area contributed by atoms with Crippen LogP contribution in [0.15, 0.2) is 33.3 Å². The van der Waals surface area contributed by atoms with Gasteiger partial charge in [0, 0.05) is 12.0 Å². The van der Waals surface area contributed by atoms with E-state index in [0.29, 0.717) is 27.9 Å². The normalized spacial score (nSPS) is 11.1. The smallest absolute Gasteiger partial charge is 0.280 e. The van der Waals surface area contributed by atoms with E-state index in [0.717, 1.165) is 5.76 Å². The van der Waals surface area contributed by atoms with E-state index in [2.05, 4.69) is 15.3 Å². The summed E-state index contributed by atoms with van der Waals surface area (Å²) in [6.45, 7) is 4.03. The lowest BCUT2D eigenvalue weighted by atomic mass is 10.1. The predicted molar refractivity (Wildman–Crippen MR) is 80.9 cm³/mol. The average molecular weight is 320 g/mol. The van der Waals surface area contributed by atoms with E-state index in [-0.39, 0.29) is 11.8 Å². The van der Waals surface area contributed by atoms with E-state index in [1.54, 1.807) is 18.2 Å². The molecule has 0 atom stereocenters. The lowest BCUT2D eigenvalue weighted by Gasteiger charge is -2.06. The summed E-state index contributed by atoms with van der Waals surface area (Å²) in [5, 5.41) is 8.39. The van der Waals surface area contributed by atoms with Crippen molar-refractivity contribution < 1.29 is 13.8 Å². The number of aromatic nitrogens is 3. The van der Waals surface area contributed by atoms with Crippen molar-refractivity contribution in [3.05, 3.63) is 35.0 Å². The molecule has 0 bridgehead atoms. The Hall–Kier alpha value is -2.34. The molecule has 1 aromatic carbocycles. The van der Waals surface area contributed by atoms with E-state index in [9.17, 15) is 0 Å². The number of hydrogen-bond donors (Lipinski definition) is 0. The highest BCUT2D eigenvalue weighted by atomic mass is 35.5. The molecule has 0 aliphatic carbocycles. The fourth-order valence-corrected chi connectivity index (χ4v) is 2.24. The van der Waals surface area contributed by atoms with Crippen LogP contribution in [0.4, 0.5) is 0 Å². The quantitative estimate of drug-likeness (QED) is 0.718. The van der Waals surface area contributed by atoms with Gasteiger partial charge >= 0.3 is 0 Å². The molecule has 2 aromatic heterocycles. The standard InChI is InChI=1S/C15H14ClN3O3/c1-8(2)12-7-11(18-21-12)15-17-14(19-22-15)9-5-4-6-10(16)13(9)20-3/h4-8H,1-3H3. The maximum Gasteiger partial charge on any atom is 0.280 e. The third kappa shape index (κ3) is 2.57. The number of benzene rings is 1. The first kappa shape index (κ1) is 14.6. The lowest BCUT2D eigenvalue weighted by Crippen LogP contribution is -1.90. The van der Waals surface area contributed by atoms with Crippen LogP contribution in [0.2, 0.25) is 5.02 Å². The van der Waals surface area contributed by atoms with Gasteiger partial charge in [0.15, 0.2) is 5.69 Å². The van der Waals surface area contributed by atoms with Crippen LogP contribution in [0, 0.1) is 0 Å². The number of methoxy groups -OCH3 is 1. The minimum Gasteiger partial charge on any atom is -0.494 e. The molecular weight excluding hydrogens is 306 g/mol. The van der Waals surface area contributed by atoms with Crippen molar-refractivity contribution in [2.45, 2.75) is 19.8 Å². The Morgan fingerprint density at radius 3 is 2.68 bits per heavy atom. The number of halogens is 1. The van der Waals surface area contributed by atoms with E-state index < -0.39 is 0 Å². The molecule has 0 fully saturated rings. The molecule has 0 radical (unpaired) electrons. The first-order valence-corrected chi connectivity index (χ1v) is 7.11. The second-order valence-electron chi connectivity index (χ2n) is 5.01. The number of nitrogens with zero attached hydrogens (tertiary/aromatic N) is 3. The molecule has 22 heavy (non-hydrogen) atoms. The van der Waals surface area contributed by atoms with Crippen LogP contribution < -0.4 is 4.74 Å². The third-order valence-corrected chi connectivity index (χ3v) is 3.45. The first-order chi connectivity index (χ1) is 10.6. The second-order valence-corrected chi connectivity index (χ2v) is 5.42. The van der Waals surface area contributed by atoms with Crippen LogP contribution in [0.5, 0.6) is 5.75 Å². The molecule has 114 valence electrons. The number of ether oxygens (including phenoxy) is 1. The maximum atomic E-state index is 6.10. The molecule has 2 heterocycles. The van der Waals surface area contributed by atoms with Gasteiger partial charge in [0.25, 0.3) is 5.89 Å². The Kier molecular flexibility index (Phi) is 3.85. The summed E-state index contributed by atoms with van der Waals surface area (Å²) in [4.78, 5) is 4.33. The Labute approximate surface area is 132 Å². The van der Waals surface area contributed by atoms with Gasteiger partial charge in [-0.05, 0) is 12.1 Å². The van der Waals surface area contributed by atoms with Gasteiger partial charge in [-0.1, -0.05) is 41.8 Å². The minimum absolute atomic E-state index is 0.233. The lowest BCUT2D eigenvalue weighted by molar-refractivity contribution is 0.368. The summed E-state index contributed by atoms with van der Waals surface area (Å²) in [7, 11) is 1.54. The molecule has 0 aliphatic heterocycles. The fourth-order valence-electron chi connectivity index (χ4n) is 1.99. The largest absolute Gasteiger partial charge is 0.494 e. The summed E-state index contributed by atoms with van der Waals surface area (Å²) < 4.78 is 15.8. The monoisotopic (exact) mass is 319 g/mol. The van der Waals surface area contributed by atoms with Gasteiger partial charge in [-0.25, -0.2) is 0 Å². The molecule has 7 heteroatoms. The summed E-state index contributed by atoms with van der Waals surface area (Å²) in [6.07, 6.45) is 0. The van der Waals surface area contributed by atoms with E-state index in [1.807, 2.05) is 19.9 Å². The minimum atomic E-state index is 0.233. The Balaban J connectivity index is 1.99. The topological polar surface area (TPSA) is 74.2 Å². The molecule has 3 aromatic rings. The predicted octanol–water partition coefficient (Wildman–Crippen LogP) is 4.18. The molecule has 0 saturated heterocycles. The molecule has 0 N–H and O–H groups in total. The van der Waals surface area contributed by atoms with Gasteiger partial charge in [0.05, 0.1) is 17.7 Å². The third-order valence-electron chi connectivity index (χ3n) is 3.15. The summed E-state index contributed by atoms with van der Waals surface area (Å²) >= 11 is 6.10. The van der Waals surface area contributed by atoms with Gasteiger partial charge < -0.3 is 13.8 Å². The molecule has 0 spiro atoms. The molecular formula is C15H14ClN3O3. The van der Waals surface area contributed by atoms with Crippen LogP contribution in [0.3, 0.4) is 0 Å². The molecule has 0 aliphatic rings. The van der Waals surface area contributed by atoms with Crippen LogP contribution in [-0.4, -0.2) is 22.4 Å². The average Bonchev–Trinajstić information content (AvgIpc) is 3.16. The van der Waals surface area contributed by atoms with Crippen LogP contribution >= 0.6 is 11.6 Å². The highest BCUT2D eigenvalue weighted by Crippen LogP contribution is 2.35. The zero-order chi connectivity index (χ0) is 15.7. The van der Waals surface area contributed by atoms with Gasteiger partial charge in [-0.3, -0.25) is 0 Å². The molecule has 6 nitrogen and oxygen atoms in total. The molecule has 0 amide bonds. The summed E-state index contributed by atoms with van der Waals surface area (Å²) in [5.74, 6) is 2.16. The van der Waals surface area contributed by atoms with Crippen LogP contribution in [0.25, 0.3) is 23.0 Å². The summed E-state index contributed by atoms with van der Waals surface area (Å²) in [5.41, 5.74) is 1.15. The highest BCUT2D eigenvalue weighted by molar-refractivity contribution is 6.32. The van der Waals surface area contributed by atoms with E-state index in [4.69, 9.17) is 25.4 Å². The van der Waals surface area contributed by atoms with Gasteiger partial charge in [0.2, 0.25) is 5.82 Å². The van der Waals surface area contributed by atoms with Crippen molar-refractivity contribution in [3.63, 3.8) is 0 Å². The van der Waals surface area contributed by atoms with Crippen LogP contribution in [-0.2, 0) is 0 Å².